The number of nitrogens with one attached hydrogen (secondary N) is 1. The lowest BCUT2D eigenvalue weighted by Gasteiger charge is -2.08. The second-order valence-electron chi connectivity index (χ2n) is 3.64. The number of hydrogen-bond acceptors (Lipinski definition) is 6. The molecule has 0 spiro atoms. The second-order valence-corrected chi connectivity index (χ2v) is 4.04. The number of hydrogen-bond donors (Lipinski definition) is 2. The van der Waals surface area contributed by atoms with E-state index < -0.39 is 4.92 Å². The number of nitrogen functional groups attached to an aromatic ring is 1. The highest BCUT2D eigenvalue weighted by molar-refractivity contribution is 6.32. The number of halogens is 1. The first-order valence-electron chi connectivity index (χ1n) is 5.27. The van der Waals surface area contributed by atoms with Gasteiger partial charge in [0.2, 0.25) is 5.88 Å². The first-order valence-corrected chi connectivity index (χ1v) is 5.64. The van der Waals surface area contributed by atoms with Crippen molar-refractivity contribution in [2.24, 2.45) is 5.73 Å². The zero-order chi connectivity index (χ0) is 14.7. The van der Waals surface area contributed by atoms with E-state index >= 15 is 0 Å². The van der Waals surface area contributed by atoms with Crippen molar-refractivity contribution in [3.05, 3.63) is 51.2 Å². The number of ether oxygens (including phenoxy) is 1. The molecule has 0 atom stereocenters. The highest BCUT2D eigenvalue weighted by Crippen LogP contribution is 2.32. The van der Waals surface area contributed by atoms with Crippen molar-refractivity contribution in [1.82, 2.24) is 10.2 Å². The highest BCUT2D eigenvalue weighted by atomic mass is 35.5. The Balaban J connectivity index is 2.42. The average Bonchev–Trinajstić information content (AvgIpc) is 2.41. The predicted molar refractivity (Wildman–Crippen MR) is 71.2 cm³/mol. The maximum Gasteiger partial charge on any atom is 0.273 e. The van der Waals surface area contributed by atoms with Gasteiger partial charge >= 0.3 is 0 Å². The Morgan fingerprint density at radius 2 is 2.20 bits per heavy atom. The molecule has 1 heterocycles. The van der Waals surface area contributed by atoms with E-state index in [1.54, 1.807) is 0 Å². The fourth-order valence-electron chi connectivity index (χ4n) is 1.39. The maximum absolute atomic E-state index is 10.7. The Kier molecular flexibility index (Phi) is 3.76. The van der Waals surface area contributed by atoms with Crippen molar-refractivity contribution >= 4 is 23.1 Å². The first-order chi connectivity index (χ1) is 9.49. The van der Waals surface area contributed by atoms with E-state index in [-0.39, 0.29) is 33.7 Å². The van der Waals surface area contributed by atoms with E-state index in [0.717, 1.165) is 6.07 Å². The number of nitrogens with two attached hydrogens (primary N) is 1. The minimum atomic E-state index is -0.578. The van der Waals surface area contributed by atoms with E-state index in [2.05, 4.69) is 10.2 Å². The van der Waals surface area contributed by atoms with Gasteiger partial charge in [0, 0.05) is 6.07 Å². The molecule has 0 saturated carbocycles. The summed E-state index contributed by atoms with van der Waals surface area (Å²) in [7, 11) is 0. The molecule has 0 aliphatic carbocycles. The Morgan fingerprint density at radius 1 is 1.45 bits per heavy atom. The fraction of sp³-hybridized carbons (Fsp3) is 0. The molecule has 0 saturated heterocycles. The van der Waals surface area contributed by atoms with Crippen LogP contribution in [0, 0.1) is 15.5 Å². The molecule has 2 aromatic rings. The molecular formula is C11H8ClN5O3. The lowest BCUT2D eigenvalue weighted by molar-refractivity contribution is -0.384. The molecule has 8 nitrogen and oxygen atoms in total. The Morgan fingerprint density at radius 3 is 2.85 bits per heavy atom. The van der Waals surface area contributed by atoms with Crippen LogP contribution in [0.3, 0.4) is 0 Å². The summed E-state index contributed by atoms with van der Waals surface area (Å²) in [6.07, 6.45) is 1.35. The van der Waals surface area contributed by atoms with Crippen molar-refractivity contribution in [1.29, 1.82) is 5.41 Å². The second kappa shape index (κ2) is 5.49. The van der Waals surface area contributed by atoms with Crippen LogP contribution < -0.4 is 10.5 Å². The van der Waals surface area contributed by atoms with Crippen LogP contribution in [0.1, 0.15) is 5.56 Å². The minimum Gasteiger partial charge on any atom is -0.435 e. The van der Waals surface area contributed by atoms with Gasteiger partial charge in [-0.2, -0.15) is 5.10 Å². The van der Waals surface area contributed by atoms with Crippen LogP contribution in [0.5, 0.6) is 11.6 Å². The van der Waals surface area contributed by atoms with Crippen LogP contribution in [0.2, 0.25) is 5.02 Å². The van der Waals surface area contributed by atoms with Gasteiger partial charge in [0.1, 0.15) is 5.84 Å². The van der Waals surface area contributed by atoms with Crippen LogP contribution >= 0.6 is 11.6 Å². The number of benzene rings is 1. The zero-order valence-corrected chi connectivity index (χ0v) is 10.7. The van der Waals surface area contributed by atoms with Crippen LogP contribution in [0.15, 0.2) is 30.5 Å². The highest BCUT2D eigenvalue weighted by Gasteiger charge is 2.15. The molecule has 0 unspecified atom stereocenters. The van der Waals surface area contributed by atoms with Crippen molar-refractivity contribution in [3.8, 4) is 11.6 Å². The normalized spacial score (nSPS) is 10.1. The molecule has 3 N–H and O–H groups in total. The number of amidine groups is 1. The molecule has 9 heteroatoms. The number of nitrogens with zero attached hydrogens (tertiary/aromatic N) is 3. The molecule has 0 fully saturated rings. The Bertz CT molecular complexity index is 692. The van der Waals surface area contributed by atoms with E-state index in [9.17, 15) is 10.1 Å². The van der Waals surface area contributed by atoms with E-state index in [1.165, 1.54) is 24.4 Å². The third-order valence-corrected chi connectivity index (χ3v) is 2.62. The van der Waals surface area contributed by atoms with Gasteiger partial charge in [-0.05, 0) is 12.1 Å². The predicted octanol–water partition coefficient (Wildman–Crippen LogP) is 2.11. The molecule has 102 valence electrons. The van der Waals surface area contributed by atoms with Gasteiger partial charge in [-0.1, -0.05) is 11.6 Å². The molecule has 2 rings (SSSR count). The summed E-state index contributed by atoms with van der Waals surface area (Å²) in [5, 5.41) is 25.6. The van der Waals surface area contributed by atoms with Crippen molar-refractivity contribution in [3.63, 3.8) is 0 Å². The van der Waals surface area contributed by atoms with Gasteiger partial charge in [-0.3, -0.25) is 15.5 Å². The van der Waals surface area contributed by atoms with Crippen LogP contribution in [0.4, 0.5) is 5.69 Å². The van der Waals surface area contributed by atoms with Crippen molar-refractivity contribution in [2.75, 3.05) is 0 Å². The summed E-state index contributed by atoms with van der Waals surface area (Å²) in [5.74, 6) is -0.289. The van der Waals surface area contributed by atoms with E-state index in [0.29, 0.717) is 0 Å². The number of nitro groups is 1. The van der Waals surface area contributed by atoms with Gasteiger partial charge in [-0.15, -0.1) is 5.10 Å². The third kappa shape index (κ3) is 2.81. The van der Waals surface area contributed by atoms with Crippen LogP contribution in [0.25, 0.3) is 0 Å². The SMILES string of the molecule is N=C(N)c1ccnnc1Oc1cc([N+](=O)[O-])ccc1Cl. The summed E-state index contributed by atoms with van der Waals surface area (Å²) in [6, 6.07) is 5.17. The van der Waals surface area contributed by atoms with Gasteiger partial charge in [0.05, 0.1) is 27.8 Å². The first kappa shape index (κ1) is 13.7. The topological polar surface area (TPSA) is 128 Å². The molecule has 0 amide bonds. The Labute approximate surface area is 117 Å². The van der Waals surface area contributed by atoms with Crippen molar-refractivity contribution in [2.45, 2.75) is 0 Å². The van der Waals surface area contributed by atoms with Gasteiger partial charge in [0.25, 0.3) is 5.69 Å². The average molecular weight is 294 g/mol. The molecule has 0 aliphatic heterocycles. The zero-order valence-electron chi connectivity index (χ0n) is 9.91. The summed E-state index contributed by atoms with van der Waals surface area (Å²) >= 11 is 5.90. The standard InChI is InChI=1S/C11H8ClN5O3/c12-8-2-1-6(17(18)19)5-9(8)20-11-7(10(13)14)3-4-15-16-11/h1-5H,(H3,13,14). The quantitative estimate of drug-likeness (QED) is 0.384. The van der Waals surface area contributed by atoms with E-state index in [4.69, 9.17) is 27.5 Å². The number of aromatic nitrogens is 2. The summed E-state index contributed by atoms with van der Waals surface area (Å²) < 4.78 is 5.36. The smallest absolute Gasteiger partial charge is 0.273 e. The maximum atomic E-state index is 10.7. The monoisotopic (exact) mass is 293 g/mol. The van der Waals surface area contributed by atoms with Crippen molar-refractivity contribution < 1.29 is 9.66 Å². The molecule has 0 bridgehead atoms. The summed E-state index contributed by atoms with van der Waals surface area (Å²) in [6.45, 7) is 0. The fourth-order valence-corrected chi connectivity index (χ4v) is 1.54. The molecular weight excluding hydrogens is 286 g/mol. The lowest BCUT2D eigenvalue weighted by atomic mass is 10.2. The summed E-state index contributed by atoms with van der Waals surface area (Å²) in [5.41, 5.74) is 5.41. The molecule has 1 aromatic heterocycles. The largest absolute Gasteiger partial charge is 0.435 e. The molecule has 20 heavy (non-hydrogen) atoms. The number of nitro benzene ring substituents is 1. The van der Waals surface area contributed by atoms with Gasteiger partial charge < -0.3 is 10.5 Å². The van der Waals surface area contributed by atoms with Crippen LogP contribution in [-0.2, 0) is 0 Å². The number of rotatable bonds is 4. The van der Waals surface area contributed by atoms with E-state index in [1.807, 2.05) is 0 Å². The molecule has 0 radical (unpaired) electrons. The third-order valence-electron chi connectivity index (χ3n) is 2.31. The lowest BCUT2D eigenvalue weighted by Crippen LogP contribution is -2.13. The Hall–Kier alpha value is -2.74. The van der Waals surface area contributed by atoms with Gasteiger partial charge in [0.15, 0.2) is 5.75 Å². The van der Waals surface area contributed by atoms with Gasteiger partial charge in [-0.25, -0.2) is 0 Å². The minimum absolute atomic E-state index is 0.0314. The summed E-state index contributed by atoms with van der Waals surface area (Å²) in [4.78, 5) is 10.1. The van der Waals surface area contributed by atoms with Crippen LogP contribution in [-0.4, -0.2) is 21.0 Å². The molecule has 0 aliphatic rings. The molecule has 1 aromatic carbocycles. The number of non-ortho nitro benzene ring substituents is 1.